The van der Waals surface area contributed by atoms with Gasteiger partial charge in [0.2, 0.25) is 11.1 Å². The zero-order valence-corrected chi connectivity index (χ0v) is 13.4. The highest BCUT2D eigenvalue weighted by Crippen LogP contribution is 2.28. The van der Waals surface area contributed by atoms with E-state index in [2.05, 4.69) is 15.5 Å². The molecule has 3 rings (SSSR count). The Hall–Kier alpha value is -1.73. The minimum absolute atomic E-state index is 0.102. The van der Waals surface area contributed by atoms with Gasteiger partial charge in [0, 0.05) is 23.8 Å². The predicted octanol–water partition coefficient (Wildman–Crippen LogP) is 1.93. The van der Waals surface area contributed by atoms with Crippen LogP contribution in [0, 0.1) is 5.92 Å². The van der Waals surface area contributed by atoms with Gasteiger partial charge in [0.15, 0.2) is 5.82 Å². The van der Waals surface area contributed by atoms with Gasteiger partial charge in [0.25, 0.3) is 0 Å². The fourth-order valence-corrected chi connectivity index (χ4v) is 3.54. The first-order chi connectivity index (χ1) is 10.7. The van der Waals surface area contributed by atoms with Crippen molar-refractivity contribution in [3.8, 4) is 11.4 Å². The number of hydrogen-bond donors (Lipinski definition) is 2. The van der Waals surface area contributed by atoms with Crippen LogP contribution in [-0.4, -0.2) is 33.1 Å². The number of carbonyl (C=O) groups is 1. The molecule has 3 N–H and O–H groups in total. The molecule has 116 valence electrons. The highest BCUT2D eigenvalue weighted by Gasteiger charge is 2.24. The number of nitrogens with zero attached hydrogens (tertiary/aromatic N) is 3. The number of aromatic nitrogens is 3. The summed E-state index contributed by atoms with van der Waals surface area (Å²) in [6.07, 6.45) is 1.71. The molecule has 1 unspecified atom stereocenters. The summed E-state index contributed by atoms with van der Waals surface area (Å²) in [6, 6.07) is 7.37. The number of nitrogens with two attached hydrogens (primary N) is 1. The molecule has 1 aromatic carbocycles. The molecule has 1 aliphatic rings. The van der Waals surface area contributed by atoms with Crippen LogP contribution in [0.25, 0.3) is 11.4 Å². The van der Waals surface area contributed by atoms with Crippen LogP contribution in [0.2, 0.25) is 5.02 Å². The van der Waals surface area contributed by atoms with Gasteiger partial charge in [0.05, 0.1) is 5.02 Å². The van der Waals surface area contributed by atoms with E-state index in [-0.39, 0.29) is 11.8 Å². The van der Waals surface area contributed by atoms with Gasteiger partial charge in [-0.2, -0.15) is 0 Å². The lowest BCUT2D eigenvalue weighted by Gasteiger charge is -2.07. The number of hydrogen-bond acceptors (Lipinski definition) is 5. The van der Waals surface area contributed by atoms with E-state index in [1.54, 1.807) is 6.07 Å². The Bertz CT molecular complexity index is 690. The average Bonchev–Trinajstić information content (AvgIpc) is 3.07. The van der Waals surface area contributed by atoms with Crippen molar-refractivity contribution in [2.75, 3.05) is 18.1 Å². The number of thioether (sulfide) groups is 1. The third-order valence-electron chi connectivity index (χ3n) is 3.64. The number of amides is 1. The van der Waals surface area contributed by atoms with E-state index >= 15 is 0 Å². The van der Waals surface area contributed by atoms with Crippen LogP contribution in [0.3, 0.4) is 0 Å². The van der Waals surface area contributed by atoms with Crippen LogP contribution in [-0.2, 0) is 4.79 Å². The number of nitrogen functional groups attached to an aromatic ring is 1. The van der Waals surface area contributed by atoms with Gasteiger partial charge in [0.1, 0.15) is 0 Å². The smallest absolute Gasteiger partial charge is 0.223 e. The molecule has 8 heteroatoms. The summed E-state index contributed by atoms with van der Waals surface area (Å²) >= 11 is 7.66. The lowest BCUT2D eigenvalue weighted by molar-refractivity contribution is -0.122. The second-order valence-corrected chi connectivity index (χ2v) is 6.54. The molecule has 1 aromatic heterocycles. The van der Waals surface area contributed by atoms with Crippen molar-refractivity contribution >= 4 is 29.3 Å². The molecule has 1 amide bonds. The number of nitrogens with one attached hydrogen (secondary N) is 1. The van der Waals surface area contributed by atoms with Crippen molar-refractivity contribution < 1.29 is 4.79 Å². The van der Waals surface area contributed by atoms with Crippen LogP contribution in [0.5, 0.6) is 0 Å². The summed E-state index contributed by atoms with van der Waals surface area (Å²) < 4.78 is 1.45. The van der Waals surface area contributed by atoms with Crippen molar-refractivity contribution in [1.29, 1.82) is 0 Å². The number of benzene rings is 1. The number of halogens is 1. The van der Waals surface area contributed by atoms with Crippen molar-refractivity contribution in [2.45, 2.75) is 18.0 Å². The highest BCUT2D eigenvalue weighted by molar-refractivity contribution is 7.99. The molecule has 1 aliphatic heterocycles. The summed E-state index contributed by atoms with van der Waals surface area (Å²) in [5.74, 6) is 7.61. The molecule has 0 spiro atoms. The predicted molar refractivity (Wildman–Crippen MR) is 87.1 cm³/mol. The zero-order valence-electron chi connectivity index (χ0n) is 11.8. The van der Waals surface area contributed by atoms with E-state index in [0.29, 0.717) is 16.0 Å². The molecule has 22 heavy (non-hydrogen) atoms. The fourth-order valence-electron chi connectivity index (χ4n) is 2.41. The highest BCUT2D eigenvalue weighted by atomic mass is 35.5. The quantitative estimate of drug-likeness (QED) is 0.643. The van der Waals surface area contributed by atoms with Crippen LogP contribution in [0.15, 0.2) is 29.4 Å². The van der Waals surface area contributed by atoms with E-state index in [9.17, 15) is 4.79 Å². The van der Waals surface area contributed by atoms with E-state index in [1.807, 2.05) is 18.2 Å². The van der Waals surface area contributed by atoms with Crippen molar-refractivity contribution in [3.63, 3.8) is 0 Å². The topological polar surface area (TPSA) is 85.8 Å². The molecule has 1 fully saturated rings. The Kier molecular flexibility index (Phi) is 4.54. The molecule has 2 aromatic rings. The van der Waals surface area contributed by atoms with Gasteiger partial charge < -0.3 is 11.2 Å². The van der Waals surface area contributed by atoms with E-state index in [0.717, 1.165) is 30.7 Å². The van der Waals surface area contributed by atoms with Crippen LogP contribution in [0.4, 0.5) is 0 Å². The molecule has 0 aliphatic carbocycles. The van der Waals surface area contributed by atoms with Crippen molar-refractivity contribution in [1.82, 2.24) is 20.2 Å². The molecule has 1 saturated heterocycles. The molecule has 1 atom stereocenters. The first-order valence-corrected chi connectivity index (χ1v) is 8.39. The normalized spacial score (nSPS) is 17.7. The summed E-state index contributed by atoms with van der Waals surface area (Å²) in [5, 5.41) is 12.3. The van der Waals surface area contributed by atoms with E-state index in [4.69, 9.17) is 17.4 Å². The third kappa shape index (κ3) is 3.05. The zero-order chi connectivity index (χ0) is 15.5. The third-order valence-corrected chi connectivity index (χ3v) is 4.95. The minimum atomic E-state index is 0.102. The number of carbonyl (C=O) groups excluding carboxylic acids is 1. The standard InChI is InChI=1S/C14H16ClN5OS/c15-11-4-2-1-3-10(11)12-18-19-14(20(12)16)22-8-6-9-5-7-17-13(9)21/h1-4,9H,5-8,16H2,(H,17,21). The van der Waals surface area contributed by atoms with Gasteiger partial charge in [-0.3, -0.25) is 4.79 Å². The summed E-state index contributed by atoms with van der Waals surface area (Å²) in [4.78, 5) is 11.5. The van der Waals surface area contributed by atoms with Crippen LogP contribution >= 0.6 is 23.4 Å². The van der Waals surface area contributed by atoms with E-state index < -0.39 is 0 Å². The Labute approximate surface area is 137 Å². The second-order valence-electron chi connectivity index (χ2n) is 5.07. The van der Waals surface area contributed by atoms with Crippen molar-refractivity contribution in [3.05, 3.63) is 29.3 Å². The van der Waals surface area contributed by atoms with E-state index in [1.165, 1.54) is 16.4 Å². The Morgan fingerprint density at radius 3 is 2.95 bits per heavy atom. The average molecular weight is 338 g/mol. The largest absolute Gasteiger partial charge is 0.356 e. The van der Waals surface area contributed by atoms with Gasteiger partial charge in [-0.15, -0.1) is 10.2 Å². The molecule has 0 bridgehead atoms. The molecule has 6 nitrogen and oxygen atoms in total. The number of rotatable bonds is 5. The Balaban J connectivity index is 1.66. The maximum absolute atomic E-state index is 11.5. The maximum atomic E-state index is 11.5. The first-order valence-electron chi connectivity index (χ1n) is 7.02. The lowest BCUT2D eigenvalue weighted by atomic mass is 10.1. The first kappa shape index (κ1) is 15.2. The Morgan fingerprint density at radius 2 is 2.23 bits per heavy atom. The van der Waals surface area contributed by atoms with Crippen LogP contribution < -0.4 is 11.2 Å². The second kappa shape index (κ2) is 6.58. The molecule has 2 heterocycles. The molecular weight excluding hydrogens is 322 g/mol. The molecule has 0 radical (unpaired) electrons. The molecular formula is C14H16ClN5OS. The van der Waals surface area contributed by atoms with Gasteiger partial charge >= 0.3 is 0 Å². The van der Waals surface area contributed by atoms with Crippen molar-refractivity contribution in [2.24, 2.45) is 5.92 Å². The van der Waals surface area contributed by atoms with Gasteiger partial charge in [-0.05, 0) is 25.0 Å². The monoisotopic (exact) mass is 337 g/mol. The van der Waals surface area contributed by atoms with Crippen LogP contribution in [0.1, 0.15) is 12.8 Å². The SMILES string of the molecule is Nn1c(SCCC2CCNC2=O)nnc1-c1ccccc1Cl. The molecule has 0 saturated carbocycles. The summed E-state index contributed by atoms with van der Waals surface area (Å²) in [6.45, 7) is 0.776. The van der Waals surface area contributed by atoms with Gasteiger partial charge in [-0.25, -0.2) is 4.68 Å². The summed E-state index contributed by atoms with van der Waals surface area (Å²) in [7, 11) is 0. The fraction of sp³-hybridized carbons (Fsp3) is 0.357. The minimum Gasteiger partial charge on any atom is -0.356 e. The Morgan fingerprint density at radius 1 is 1.41 bits per heavy atom. The maximum Gasteiger partial charge on any atom is 0.223 e. The van der Waals surface area contributed by atoms with Gasteiger partial charge in [-0.1, -0.05) is 35.5 Å². The summed E-state index contributed by atoms with van der Waals surface area (Å²) in [5.41, 5.74) is 0.751. The lowest BCUT2D eigenvalue weighted by Crippen LogP contribution is -2.19.